The number of nitrogens with two attached hydrogens (primary N) is 1. The summed E-state index contributed by atoms with van der Waals surface area (Å²) in [6.07, 6.45) is 0. The Morgan fingerprint density at radius 2 is 1.76 bits per heavy atom. The maximum absolute atomic E-state index is 13.1. The van der Waals surface area contributed by atoms with Gasteiger partial charge in [-0.3, -0.25) is 18.7 Å². The van der Waals surface area contributed by atoms with Crippen LogP contribution in [0.25, 0.3) is 0 Å². The van der Waals surface area contributed by atoms with Crippen LogP contribution in [0.3, 0.4) is 0 Å². The molecule has 156 valence electrons. The molecule has 29 heavy (non-hydrogen) atoms. The number of morpholine rings is 1. The predicted molar refractivity (Wildman–Crippen MR) is 106 cm³/mol. The van der Waals surface area contributed by atoms with Crippen molar-refractivity contribution in [3.63, 3.8) is 0 Å². The van der Waals surface area contributed by atoms with Gasteiger partial charge in [-0.25, -0.2) is 13.2 Å². The first-order chi connectivity index (χ1) is 13.6. The van der Waals surface area contributed by atoms with Crippen molar-refractivity contribution in [3.8, 4) is 0 Å². The zero-order chi connectivity index (χ0) is 21.5. The van der Waals surface area contributed by atoms with Gasteiger partial charge >= 0.3 is 5.69 Å². The highest BCUT2D eigenvalue weighted by molar-refractivity contribution is 7.89. The van der Waals surface area contributed by atoms with E-state index in [4.69, 9.17) is 22.1 Å². The van der Waals surface area contributed by atoms with Gasteiger partial charge in [0.05, 0.1) is 23.1 Å². The molecule has 0 atom stereocenters. The van der Waals surface area contributed by atoms with E-state index in [0.717, 1.165) is 15.2 Å². The van der Waals surface area contributed by atoms with Gasteiger partial charge in [0, 0.05) is 32.7 Å². The number of hydrogen-bond donors (Lipinski definition) is 1. The van der Waals surface area contributed by atoms with Crippen LogP contribution in [0.4, 0.5) is 5.82 Å². The molecule has 1 aromatic carbocycles. The number of nitrogen functional groups attached to an aromatic ring is 1. The van der Waals surface area contributed by atoms with Crippen LogP contribution in [0.15, 0.2) is 32.7 Å². The van der Waals surface area contributed by atoms with Crippen molar-refractivity contribution in [1.29, 1.82) is 0 Å². The summed E-state index contributed by atoms with van der Waals surface area (Å²) in [6.45, 7) is 0.900. The molecular weight excluding hydrogens is 424 g/mol. The van der Waals surface area contributed by atoms with Gasteiger partial charge in [-0.15, -0.1) is 0 Å². The van der Waals surface area contributed by atoms with Crippen molar-refractivity contribution in [2.45, 2.75) is 4.90 Å². The first kappa shape index (κ1) is 21.2. The smallest absolute Gasteiger partial charge is 0.332 e. The van der Waals surface area contributed by atoms with Gasteiger partial charge in [-0.1, -0.05) is 11.6 Å². The Morgan fingerprint density at radius 1 is 1.14 bits per heavy atom. The molecule has 1 fully saturated rings. The minimum absolute atomic E-state index is 0.0498. The second kappa shape index (κ2) is 7.75. The predicted octanol–water partition coefficient (Wildman–Crippen LogP) is -0.428. The van der Waals surface area contributed by atoms with Gasteiger partial charge in [0.1, 0.15) is 11.4 Å². The molecule has 0 unspecified atom stereocenters. The number of ketones is 1. The van der Waals surface area contributed by atoms with Crippen molar-refractivity contribution >= 4 is 33.2 Å². The monoisotopic (exact) mass is 442 g/mol. The quantitative estimate of drug-likeness (QED) is 0.635. The minimum atomic E-state index is -3.89. The molecule has 1 aliphatic rings. The number of halogens is 1. The summed E-state index contributed by atoms with van der Waals surface area (Å²) in [5, 5.41) is -0.0498. The average Bonchev–Trinajstić information content (AvgIpc) is 2.71. The topological polar surface area (TPSA) is 134 Å². The Balaban J connectivity index is 2.14. The van der Waals surface area contributed by atoms with Gasteiger partial charge in [-0.05, 0) is 18.2 Å². The molecule has 2 heterocycles. The lowest BCUT2D eigenvalue weighted by molar-refractivity contribution is 0.0730. The Bertz CT molecular complexity index is 1210. The summed E-state index contributed by atoms with van der Waals surface area (Å²) in [5.41, 5.74) is 3.57. The molecule has 0 bridgehead atoms. The van der Waals surface area contributed by atoms with Crippen molar-refractivity contribution < 1.29 is 17.9 Å². The van der Waals surface area contributed by atoms with Gasteiger partial charge in [0.25, 0.3) is 5.56 Å². The molecule has 1 aliphatic heterocycles. The molecular formula is C17H19ClN4O6S. The fourth-order valence-electron chi connectivity index (χ4n) is 2.98. The van der Waals surface area contributed by atoms with Crippen LogP contribution in [0.2, 0.25) is 5.02 Å². The number of aromatic nitrogens is 2. The van der Waals surface area contributed by atoms with Crippen molar-refractivity contribution in [2.24, 2.45) is 14.1 Å². The van der Waals surface area contributed by atoms with Crippen molar-refractivity contribution in [2.75, 3.05) is 32.0 Å². The third-order valence-electron chi connectivity index (χ3n) is 4.73. The number of hydrogen-bond acceptors (Lipinski definition) is 7. The van der Waals surface area contributed by atoms with Gasteiger partial charge < -0.3 is 10.5 Å². The van der Waals surface area contributed by atoms with E-state index in [0.29, 0.717) is 0 Å². The lowest BCUT2D eigenvalue weighted by atomic mass is 10.0. The van der Waals surface area contributed by atoms with Crippen LogP contribution in [0, 0.1) is 0 Å². The zero-order valence-electron chi connectivity index (χ0n) is 15.7. The first-order valence-electron chi connectivity index (χ1n) is 8.55. The lowest BCUT2D eigenvalue weighted by Crippen LogP contribution is -2.42. The van der Waals surface area contributed by atoms with Crippen LogP contribution in [0.5, 0.6) is 0 Å². The van der Waals surface area contributed by atoms with E-state index in [1.54, 1.807) is 0 Å². The van der Waals surface area contributed by atoms with Crippen molar-refractivity contribution in [3.05, 3.63) is 55.2 Å². The zero-order valence-corrected chi connectivity index (χ0v) is 17.3. The number of nitrogens with zero attached hydrogens (tertiary/aromatic N) is 3. The minimum Gasteiger partial charge on any atom is -0.384 e. The van der Waals surface area contributed by atoms with E-state index in [1.807, 2.05) is 0 Å². The number of carbonyl (C=O) groups is 1. The Kier molecular flexibility index (Phi) is 5.68. The molecule has 0 saturated carbocycles. The normalized spacial score (nSPS) is 15.4. The van der Waals surface area contributed by atoms with Gasteiger partial charge in [0.15, 0.2) is 0 Å². The molecule has 0 amide bonds. The third-order valence-corrected chi connectivity index (χ3v) is 6.95. The highest BCUT2D eigenvalue weighted by atomic mass is 35.5. The van der Waals surface area contributed by atoms with Crippen LogP contribution in [-0.4, -0.2) is 53.9 Å². The van der Waals surface area contributed by atoms with E-state index in [9.17, 15) is 22.8 Å². The molecule has 0 aliphatic carbocycles. The molecule has 1 saturated heterocycles. The van der Waals surface area contributed by atoms with E-state index < -0.39 is 32.6 Å². The number of anilines is 1. The molecule has 0 spiro atoms. The van der Waals surface area contributed by atoms with Gasteiger partial charge in [-0.2, -0.15) is 4.31 Å². The average molecular weight is 443 g/mol. The first-order valence-corrected chi connectivity index (χ1v) is 10.4. The summed E-state index contributed by atoms with van der Waals surface area (Å²) in [4.78, 5) is 37.4. The highest BCUT2D eigenvalue weighted by Gasteiger charge is 2.29. The standard InChI is InChI=1S/C17H19ClN4O6S/c1-20-15(19)13(16(24)21(2)17(20)25)14(23)11-9-10(3-4-12(11)18)29(26,27)22-5-7-28-8-6-22/h3-4,9H,5-8,19H2,1-2H3. The highest BCUT2D eigenvalue weighted by Crippen LogP contribution is 2.26. The molecule has 0 radical (unpaired) electrons. The molecule has 1 aromatic heterocycles. The SMILES string of the molecule is Cn1c(N)c(C(=O)c2cc(S(=O)(=O)N3CCOCC3)ccc2Cl)c(=O)n(C)c1=O. The van der Waals surface area contributed by atoms with E-state index in [2.05, 4.69) is 0 Å². The molecule has 3 rings (SSSR count). The fraction of sp³-hybridized carbons (Fsp3) is 0.353. The summed E-state index contributed by atoms with van der Waals surface area (Å²) in [5.74, 6) is -1.21. The summed E-state index contributed by atoms with van der Waals surface area (Å²) < 4.78 is 33.9. The third kappa shape index (κ3) is 3.62. The van der Waals surface area contributed by atoms with Crippen LogP contribution < -0.4 is 17.0 Å². The van der Waals surface area contributed by atoms with Crippen LogP contribution in [0.1, 0.15) is 15.9 Å². The largest absolute Gasteiger partial charge is 0.384 e. The maximum Gasteiger partial charge on any atom is 0.332 e. The van der Waals surface area contributed by atoms with Crippen LogP contribution in [-0.2, 0) is 28.9 Å². The van der Waals surface area contributed by atoms with Crippen LogP contribution >= 0.6 is 11.6 Å². The maximum atomic E-state index is 13.1. The molecule has 2 N–H and O–H groups in total. The number of carbonyl (C=O) groups excluding carboxylic acids is 1. The summed E-state index contributed by atoms with van der Waals surface area (Å²) in [6, 6.07) is 3.66. The fourth-order valence-corrected chi connectivity index (χ4v) is 4.62. The van der Waals surface area contributed by atoms with Gasteiger partial charge in [0.2, 0.25) is 15.8 Å². The second-order valence-electron chi connectivity index (χ2n) is 6.45. The Labute approximate surface area is 171 Å². The lowest BCUT2D eigenvalue weighted by Gasteiger charge is -2.26. The summed E-state index contributed by atoms with van der Waals surface area (Å²) in [7, 11) is -1.36. The van der Waals surface area contributed by atoms with Crippen molar-refractivity contribution in [1.82, 2.24) is 13.4 Å². The molecule has 10 nitrogen and oxygen atoms in total. The number of rotatable bonds is 4. The number of sulfonamides is 1. The second-order valence-corrected chi connectivity index (χ2v) is 8.80. The molecule has 2 aromatic rings. The van der Waals surface area contributed by atoms with E-state index in [1.165, 1.54) is 30.5 Å². The number of benzene rings is 1. The summed E-state index contributed by atoms with van der Waals surface area (Å²) >= 11 is 6.12. The Hall–Kier alpha value is -2.47. The number of ether oxygens (including phenoxy) is 1. The van der Waals surface area contributed by atoms with E-state index in [-0.39, 0.29) is 47.6 Å². The molecule has 12 heteroatoms. The Morgan fingerprint density at radius 3 is 2.38 bits per heavy atom. The van der Waals surface area contributed by atoms with E-state index >= 15 is 0 Å².